The van der Waals surface area contributed by atoms with E-state index < -0.39 is 0 Å². The number of amides is 1. The van der Waals surface area contributed by atoms with Crippen LogP contribution in [0.5, 0.6) is 0 Å². The van der Waals surface area contributed by atoms with Gasteiger partial charge >= 0.3 is 0 Å². The zero-order valence-electron chi connectivity index (χ0n) is 12.6. The fraction of sp³-hybridized carbons (Fsp3) is 0.111. The highest BCUT2D eigenvalue weighted by Crippen LogP contribution is 2.29. The number of carbonyl (C=O) groups is 1. The number of aryl methyl sites for hydroxylation is 1. The molecule has 0 fully saturated rings. The molecule has 0 aliphatic rings. The molecule has 0 saturated heterocycles. The molecule has 0 aliphatic heterocycles. The third-order valence-corrected chi connectivity index (χ3v) is 4.02. The summed E-state index contributed by atoms with van der Waals surface area (Å²) >= 11 is 0. The largest absolute Gasteiger partial charge is 0.354 e. The van der Waals surface area contributed by atoms with Crippen molar-refractivity contribution in [2.24, 2.45) is 0 Å². The van der Waals surface area contributed by atoms with Crippen molar-refractivity contribution in [3.05, 3.63) is 60.0 Å². The Morgan fingerprint density at radius 2 is 2.13 bits per heavy atom. The average molecular weight is 305 g/mol. The maximum Gasteiger partial charge on any atom is 0.294 e. The van der Waals surface area contributed by atoms with Crippen molar-refractivity contribution in [3.63, 3.8) is 0 Å². The zero-order chi connectivity index (χ0) is 15.8. The van der Waals surface area contributed by atoms with Crippen LogP contribution < -0.4 is 5.32 Å². The first-order valence-corrected chi connectivity index (χ1v) is 7.51. The topological polar surface area (TPSA) is 70.9 Å². The minimum atomic E-state index is -0.313. The summed E-state index contributed by atoms with van der Waals surface area (Å²) < 4.78 is 4.86. The molecule has 0 radical (unpaired) electrons. The summed E-state index contributed by atoms with van der Waals surface area (Å²) in [6, 6.07) is 13.7. The summed E-state index contributed by atoms with van der Waals surface area (Å²) in [7, 11) is 0. The van der Waals surface area contributed by atoms with Crippen molar-refractivity contribution in [1.82, 2.24) is 10.1 Å². The van der Waals surface area contributed by atoms with Crippen molar-refractivity contribution in [3.8, 4) is 0 Å². The van der Waals surface area contributed by atoms with E-state index >= 15 is 0 Å². The fourth-order valence-electron chi connectivity index (χ4n) is 2.89. The highest BCUT2D eigenvalue weighted by atomic mass is 16.5. The number of aromatic nitrogens is 2. The Labute approximate surface area is 132 Å². The quantitative estimate of drug-likeness (QED) is 0.598. The lowest BCUT2D eigenvalue weighted by atomic mass is 10.1. The number of aromatic amines is 1. The normalized spacial score (nSPS) is 11.2. The molecule has 2 N–H and O–H groups in total. The summed E-state index contributed by atoms with van der Waals surface area (Å²) in [5.41, 5.74) is 4.15. The first-order chi connectivity index (χ1) is 11.3. The van der Waals surface area contributed by atoms with Gasteiger partial charge in [-0.25, -0.2) is 0 Å². The van der Waals surface area contributed by atoms with Crippen LogP contribution in [0.3, 0.4) is 0 Å². The SMILES string of the molecule is CCc1cccc2c1[nH]c1cc(NC(=O)c3ccno3)ccc12. The Morgan fingerprint density at radius 1 is 1.22 bits per heavy atom. The van der Waals surface area contributed by atoms with Gasteiger partial charge in [-0.2, -0.15) is 0 Å². The maximum atomic E-state index is 12.0. The number of benzene rings is 2. The van der Waals surface area contributed by atoms with Gasteiger partial charge in [0, 0.05) is 33.6 Å². The van der Waals surface area contributed by atoms with Crippen LogP contribution in [-0.2, 0) is 6.42 Å². The Bertz CT molecular complexity index is 1000. The van der Waals surface area contributed by atoms with Crippen LogP contribution in [0.15, 0.2) is 53.2 Å². The Hall–Kier alpha value is -3.08. The third kappa shape index (κ3) is 2.26. The lowest BCUT2D eigenvalue weighted by molar-refractivity contribution is 0.0988. The molecule has 2 aromatic heterocycles. The molecular formula is C18H15N3O2. The van der Waals surface area contributed by atoms with E-state index in [0.29, 0.717) is 5.69 Å². The summed E-state index contributed by atoms with van der Waals surface area (Å²) in [5, 5.41) is 8.71. The van der Waals surface area contributed by atoms with E-state index in [2.05, 4.69) is 40.6 Å². The molecule has 2 heterocycles. The highest BCUT2D eigenvalue weighted by Gasteiger charge is 2.12. The van der Waals surface area contributed by atoms with E-state index in [1.165, 1.54) is 23.2 Å². The number of hydrogen-bond donors (Lipinski definition) is 2. The standard InChI is InChI=1S/C18H15N3O2/c1-2-11-4-3-5-14-13-7-6-12(10-15(13)21-17(11)14)20-18(22)16-8-9-19-23-16/h3-10,21H,2H2,1H3,(H,20,22). The molecule has 1 amide bonds. The van der Waals surface area contributed by atoms with Crippen molar-refractivity contribution in [2.75, 3.05) is 5.32 Å². The van der Waals surface area contributed by atoms with Crippen molar-refractivity contribution in [2.45, 2.75) is 13.3 Å². The number of para-hydroxylation sites is 1. The van der Waals surface area contributed by atoms with Gasteiger partial charge in [-0.3, -0.25) is 4.79 Å². The molecule has 2 aromatic carbocycles. The summed E-state index contributed by atoms with van der Waals surface area (Å²) in [6.07, 6.45) is 2.42. The molecular weight excluding hydrogens is 290 g/mol. The van der Waals surface area contributed by atoms with Crippen LogP contribution in [0.1, 0.15) is 23.0 Å². The van der Waals surface area contributed by atoms with E-state index in [1.807, 2.05) is 18.2 Å². The van der Waals surface area contributed by atoms with E-state index in [0.717, 1.165) is 22.8 Å². The van der Waals surface area contributed by atoms with Gasteiger partial charge in [0.1, 0.15) is 0 Å². The Morgan fingerprint density at radius 3 is 2.91 bits per heavy atom. The Kier molecular flexibility index (Phi) is 3.12. The molecule has 0 bridgehead atoms. The number of fused-ring (bicyclic) bond motifs is 3. The van der Waals surface area contributed by atoms with E-state index in [9.17, 15) is 4.79 Å². The first-order valence-electron chi connectivity index (χ1n) is 7.51. The second-order valence-electron chi connectivity index (χ2n) is 5.41. The molecule has 0 unspecified atom stereocenters. The fourth-order valence-corrected chi connectivity index (χ4v) is 2.89. The minimum Gasteiger partial charge on any atom is -0.354 e. The number of hydrogen-bond acceptors (Lipinski definition) is 3. The number of nitrogens with zero attached hydrogens (tertiary/aromatic N) is 1. The third-order valence-electron chi connectivity index (χ3n) is 4.02. The number of H-pyrrole nitrogens is 1. The van der Waals surface area contributed by atoms with Crippen LogP contribution >= 0.6 is 0 Å². The number of nitrogens with one attached hydrogen (secondary N) is 2. The predicted molar refractivity (Wildman–Crippen MR) is 89.6 cm³/mol. The molecule has 0 saturated carbocycles. The minimum absolute atomic E-state index is 0.190. The highest BCUT2D eigenvalue weighted by molar-refractivity contribution is 6.10. The van der Waals surface area contributed by atoms with Gasteiger partial charge in [0.2, 0.25) is 5.76 Å². The van der Waals surface area contributed by atoms with Crippen molar-refractivity contribution in [1.29, 1.82) is 0 Å². The number of carbonyl (C=O) groups excluding carboxylic acids is 1. The lowest BCUT2D eigenvalue weighted by Gasteiger charge is -2.02. The molecule has 4 aromatic rings. The van der Waals surface area contributed by atoms with Crippen molar-refractivity contribution >= 4 is 33.4 Å². The van der Waals surface area contributed by atoms with Crippen LogP contribution in [0, 0.1) is 0 Å². The second kappa shape index (κ2) is 5.28. The molecule has 4 rings (SSSR count). The first kappa shape index (κ1) is 13.6. The monoisotopic (exact) mass is 305 g/mol. The van der Waals surface area contributed by atoms with Gasteiger partial charge in [0.15, 0.2) is 0 Å². The van der Waals surface area contributed by atoms with E-state index in [1.54, 1.807) is 0 Å². The molecule has 114 valence electrons. The number of anilines is 1. The molecule has 0 aliphatic carbocycles. The van der Waals surface area contributed by atoms with Gasteiger partial charge in [-0.1, -0.05) is 36.3 Å². The maximum absolute atomic E-state index is 12.0. The van der Waals surface area contributed by atoms with Gasteiger partial charge in [0.05, 0.1) is 6.20 Å². The van der Waals surface area contributed by atoms with Crippen molar-refractivity contribution < 1.29 is 9.32 Å². The number of rotatable bonds is 3. The lowest BCUT2D eigenvalue weighted by Crippen LogP contribution is -2.10. The van der Waals surface area contributed by atoms with Crippen LogP contribution in [0.25, 0.3) is 21.8 Å². The van der Waals surface area contributed by atoms with Gasteiger partial charge in [0.25, 0.3) is 5.91 Å². The summed E-state index contributed by atoms with van der Waals surface area (Å²) in [4.78, 5) is 15.5. The van der Waals surface area contributed by atoms with E-state index in [4.69, 9.17) is 4.52 Å². The molecule has 0 spiro atoms. The van der Waals surface area contributed by atoms with Gasteiger partial charge in [-0.15, -0.1) is 0 Å². The average Bonchev–Trinajstić information content (AvgIpc) is 3.21. The summed E-state index contributed by atoms with van der Waals surface area (Å²) in [6.45, 7) is 2.14. The molecule has 0 atom stereocenters. The van der Waals surface area contributed by atoms with E-state index in [-0.39, 0.29) is 11.7 Å². The van der Waals surface area contributed by atoms with Crippen LogP contribution in [0.4, 0.5) is 5.69 Å². The van der Waals surface area contributed by atoms with Gasteiger partial charge < -0.3 is 14.8 Å². The molecule has 5 nitrogen and oxygen atoms in total. The Balaban J connectivity index is 1.76. The zero-order valence-corrected chi connectivity index (χ0v) is 12.6. The van der Waals surface area contributed by atoms with Crippen LogP contribution in [-0.4, -0.2) is 16.0 Å². The predicted octanol–water partition coefficient (Wildman–Crippen LogP) is 4.12. The van der Waals surface area contributed by atoms with Crippen LogP contribution in [0.2, 0.25) is 0 Å². The summed E-state index contributed by atoms with van der Waals surface area (Å²) in [5.74, 6) is -0.123. The second-order valence-corrected chi connectivity index (χ2v) is 5.41. The van der Waals surface area contributed by atoms with Gasteiger partial charge in [-0.05, 0) is 24.1 Å². The molecule has 23 heavy (non-hydrogen) atoms. The smallest absolute Gasteiger partial charge is 0.294 e. The molecule has 5 heteroatoms.